The zero-order chi connectivity index (χ0) is 16.4. The van der Waals surface area contributed by atoms with Crippen molar-refractivity contribution in [1.29, 1.82) is 0 Å². The number of hydrogen-bond donors (Lipinski definition) is 0. The Morgan fingerprint density at radius 1 is 1.00 bits per heavy atom. The fraction of sp³-hybridized carbons (Fsp3) is 0.300. The average Bonchev–Trinajstić information content (AvgIpc) is 2.51. The van der Waals surface area contributed by atoms with Crippen LogP contribution in [0, 0.1) is 0 Å². The van der Waals surface area contributed by atoms with E-state index in [0.717, 1.165) is 36.4 Å². The van der Waals surface area contributed by atoms with E-state index in [2.05, 4.69) is 43.3 Å². The number of hydrogen-bond acceptors (Lipinski definition) is 1. The first-order chi connectivity index (χ1) is 11.0. The van der Waals surface area contributed by atoms with Gasteiger partial charge in [-0.25, -0.2) is 0 Å². The van der Waals surface area contributed by atoms with Crippen molar-refractivity contribution in [2.75, 3.05) is 20.6 Å². The number of aryl methyl sites for hydroxylation is 1. The minimum atomic E-state index is 0.685. The third-order valence-electron chi connectivity index (χ3n) is 4.35. The molecule has 1 aliphatic rings. The molecule has 1 nitrogen and oxygen atoms in total. The van der Waals surface area contributed by atoms with Crippen LogP contribution in [0.3, 0.4) is 0 Å². The number of rotatable bonds is 4. The molecule has 0 saturated carbocycles. The SMILES string of the molecule is CN(C)CC1=C(Cc2ccc(Cl)cc2Cl)c2ccccc2CC1. The highest BCUT2D eigenvalue weighted by atomic mass is 35.5. The summed E-state index contributed by atoms with van der Waals surface area (Å²) in [6, 6.07) is 14.5. The highest BCUT2D eigenvalue weighted by molar-refractivity contribution is 6.35. The van der Waals surface area contributed by atoms with Gasteiger partial charge in [-0.1, -0.05) is 59.1 Å². The van der Waals surface area contributed by atoms with E-state index in [9.17, 15) is 0 Å². The van der Waals surface area contributed by atoms with E-state index in [4.69, 9.17) is 23.2 Å². The Morgan fingerprint density at radius 2 is 1.78 bits per heavy atom. The first-order valence-corrected chi connectivity index (χ1v) is 8.68. The first kappa shape index (κ1) is 16.6. The lowest BCUT2D eigenvalue weighted by Gasteiger charge is -2.26. The van der Waals surface area contributed by atoms with Crippen LogP contribution in [0.4, 0.5) is 0 Å². The number of halogens is 2. The van der Waals surface area contributed by atoms with Crippen molar-refractivity contribution in [1.82, 2.24) is 4.90 Å². The van der Waals surface area contributed by atoms with Crippen molar-refractivity contribution >= 4 is 28.8 Å². The Balaban J connectivity index is 2.04. The lowest BCUT2D eigenvalue weighted by atomic mass is 9.82. The van der Waals surface area contributed by atoms with Crippen molar-refractivity contribution < 1.29 is 0 Å². The summed E-state index contributed by atoms with van der Waals surface area (Å²) >= 11 is 12.4. The highest BCUT2D eigenvalue weighted by Gasteiger charge is 2.20. The predicted octanol–water partition coefficient (Wildman–Crippen LogP) is 5.50. The molecule has 0 radical (unpaired) electrons. The molecule has 0 amide bonds. The summed E-state index contributed by atoms with van der Waals surface area (Å²) in [5.41, 5.74) is 6.89. The fourth-order valence-corrected chi connectivity index (χ4v) is 3.77. The minimum Gasteiger partial charge on any atom is -0.305 e. The van der Waals surface area contributed by atoms with E-state index >= 15 is 0 Å². The summed E-state index contributed by atoms with van der Waals surface area (Å²) in [6.45, 7) is 0.995. The summed E-state index contributed by atoms with van der Waals surface area (Å²) in [5, 5.41) is 1.43. The fourth-order valence-electron chi connectivity index (χ4n) is 3.29. The Bertz CT molecular complexity index is 747. The second-order valence-electron chi connectivity index (χ2n) is 6.39. The Hall–Kier alpha value is -1.28. The van der Waals surface area contributed by atoms with E-state index in [1.807, 2.05) is 18.2 Å². The molecule has 23 heavy (non-hydrogen) atoms. The van der Waals surface area contributed by atoms with Gasteiger partial charge in [0.1, 0.15) is 0 Å². The average molecular weight is 346 g/mol. The summed E-state index contributed by atoms with van der Waals surface area (Å²) in [6.07, 6.45) is 3.10. The van der Waals surface area contributed by atoms with Gasteiger partial charge < -0.3 is 4.90 Å². The van der Waals surface area contributed by atoms with Gasteiger partial charge in [0.25, 0.3) is 0 Å². The van der Waals surface area contributed by atoms with Crippen molar-refractivity contribution in [3.8, 4) is 0 Å². The van der Waals surface area contributed by atoms with Gasteiger partial charge >= 0.3 is 0 Å². The van der Waals surface area contributed by atoms with Gasteiger partial charge in [-0.15, -0.1) is 0 Å². The molecule has 0 atom stereocenters. The van der Waals surface area contributed by atoms with Crippen LogP contribution in [0.25, 0.3) is 5.57 Å². The van der Waals surface area contributed by atoms with E-state index in [1.165, 1.54) is 22.3 Å². The van der Waals surface area contributed by atoms with Crippen molar-refractivity contribution in [3.05, 3.63) is 74.8 Å². The molecule has 3 rings (SSSR count). The van der Waals surface area contributed by atoms with Gasteiger partial charge in [0, 0.05) is 16.6 Å². The predicted molar refractivity (Wildman–Crippen MR) is 100 cm³/mol. The molecule has 0 bridgehead atoms. The van der Waals surface area contributed by atoms with Crippen LogP contribution < -0.4 is 0 Å². The topological polar surface area (TPSA) is 3.24 Å². The van der Waals surface area contributed by atoms with Crippen molar-refractivity contribution in [2.24, 2.45) is 0 Å². The molecule has 0 unspecified atom stereocenters. The van der Waals surface area contributed by atoms with E-state index < -0.39 is 0 Å². The van der Waals surface area contributed by atoms with Crippen LogP contribution in [0.1, 0.15) is 23.1 Å². The van der Waals surface area contributed by atoms with Crippen LogP contribution in [0.2, 0.25) is 10.0 Å². The number of fused-ring (bicyclic) bond motifs is 1. The van der Waals surface area contributed by atoms with Gasteiger partial charge in [-0.05, 0) is 67.8 Å². The van der Waals surface area contributed by atoms with Crippen LogP contribution in [0.15, 0.2) is 48.0 Å². The van der Waals surface area contributed by atoms with E-state index in [-0.39, 0.29) is 0 Å². The molecule has 0 saturated heterocycles. The summed E-state index contributed by atoms with van der Waals surface area (Å²) < 4.78 is 0. The van der Waals surface area contributed by atoms with E-state index in [1.54, 1.807) is 0 Å². The summed E-state index contributed by atoms with van der Waals surface area (Å²) in [5.74, 6) is 0. The largest absolute Gasteiger partial charge is 0.305 e. The quantitative estimate of drug-likeness (QED) is 0.707. The molecule has 2 aromatic carbocycles. The first-order valence-electron chi connectivity index (χ1n) is 7.92. The summed E-state index contributed by atoms with van der Waals surface area (Å²) in [7, 11) is 4.25. The molecule has 0 aliphatic heterocycles. The maximum Gasteiger partial charge on any atom is 0.0456 e. The maximum atomic E-state index is 6.41. The van der Waals surface area contributed by atoms with Crippen LogP contribution >= 0.6 is 23.2 Å². The number of benzene rings is 2. The second-order valence-corrected chi connectivity index (χ2v) is 7.23. The molecule has 0 heterocycles. The van der Waals surface area contributed by atoms with Crippen LogP contribution in [-0.2, 0) is 12.8 Å². The zero-order valence-corrected chi connectivity index (χ0v) is 15.1. The van der Waals surface area contributed by atoms with Gasteiger partial charge in [0.2, 0.25) is 0 Å². The monoisotopic (exact) mass is 345 g/mol. The van der Waals surface area contributed by atoms with Gasteiger partial charge in [-0.3, -0.25) is 0 Å². The van der Waals surface area contributed by atoms with Gasteiger partial charge in [0.15, 0.2) is 0 Å². The molecule has 2 aromatic rings. The molecule has 0 fully saturated rings. The van der Waals surface area contributed by atoms with Crippen molar-refractivity contribution in [3.63, 3.8) is 0 Å². The highest BCUT2D eigenvalue weighted by Crippen LogP contribution is 2.35. The van der Waals surface area contributed by atoms with Crippen LogP contribution in [-0.4, -0.2) is 25.5 Å². The Morgan fingerprint density at radius 3 is 2.52 bits per heavy atom. The molecule has 3 heteroatoms. The third kappa shape index (κ3) is 3.80. The second kappa shape index (κ2) is 7.09. The maximum absolute atomic E-state index is 6.41. The minimum absolute atomic E-state index is 0.685. The number of allylic oxidation sites excluding steroid dienone is 1. The standard InChI is InChI=1S/C20H21Cl2N/c1-23(2)13-16-8-7-14-5-3-4-6-18(14)19(16)11-15-9-10-17(21)12-20(15)22/h3-6,9-10,12H,7-8,11,13H2,1-2H3. The zero-order valence-electron chi connectivity index (χ0n) is 13.6. The van der Waals surface area contributed by atoms with Crippen molar-refractivity contribution in [2.45, 2.75) is 19.3 Å². The summed E-state index contributed by atoms with van der Waals surface area (Å²) in [4.78, 5) is 2.24. The van der Waals surface area contributed by atoms with Crippen LogP contribution in [0.5, 0.6) is 0 Å². The molecule has 0 N–H and O–H groups in total. The van der Waals surface area contributed by atoms with Gasteiger partial charge in [-0.2, -0.15) is 0 Å². The Labute approximate surface area is 148 Å². The molecular weight excluding hydrogens is 325 g/mol. The molecule has 120 valence electrons. The number of nitrogens with zero attached hydrogens (tertiary/aromatic N) is 1. The number of likely N-dealkylation sites (N-methyl/N-ethyl adjacent to an activating group) is 1. The van der Waals surface area contributed by atoms with Gasteiger partial charge in [0.05, 0.1) is 0 Å². The lowest BCUT2D eigenvalue weighted by molar-refractivity contribution is 0.438. The smallest absolute Gasteiger partial charge is 0.0456 e. The lowest BCUT2D eigenvalue weighted by Crippen LogP contribution is -2.19. The molecule has 0 aromatic heterocycles. The normalized spacial score (nSPS) is 14.3. The molecular formula is C20H21Cl2N. The molecule has 0 spiro atoms. The third-order valence-corrected chi connectivity index (χ3v) is 4.94. The Kier molecular flexibility index (Phi) is 5.11. The van der Waals surface area contributed by atoms with E-state index in [0.29, 0.717) is 5.02 Å². The molecule has 1 aliphatic carbocycles.